The zero-order chi connectivity index (χ0) is 28.2. The molecule has 2 saturated heterocycles. The zero-order valence-corrected chi connectivity index (χ0v) is 20.2. The van der Waals surface area contributed by atoms with Crippen LogP contribution in [0.2, 0.25) is 0 Å². The largest absolute Gasteiger partial charge is 0.507 e. The fraction of sp³-hybridized carbons (Fsp3) is 0.423. The third kappa shape index (κ3) is 4.47. The topological polar surface area (TPSA) is 231 Å². The number of aliphatic hydroxyl groups is 7. The van der Waals surface area contributed by atoms with Crippen molar-refractivity contribution in [2.24, 2.45) is 0 Å². The van der Waals surface area contributed by atoms with E-state index in [1.54, 1.807) is 30.3 Å². The summed E-state index contributed by atoms with van der Waals surface area (Å²) < 4.78 is 17.0. The van der Waals surface area contributed by atoms with Crippen LogP contribution in [0, 0.1) is 0 Å². The van der Waals surface area contributed by atoms with Crippen molar-refractivity contribution >= 4 is 11.0 Å². The van der Waals surface area contributed by atoms with Gasteiger partial charge in [0.05, 0.1) is 24.3 Å². The lowest BCUT2D eigenvalue weighted by Gasteiger charge is -2.41. The van der Waals surface area contributed by atoms with Gasteiger partial charge in [-0.15, -0.1) is 0 Å². The first-order valence-electron chi connectivity index (χ1n) is 12.1. The summed E-state index contributed by atoms with van der Waals surface area (Å²) in [5.74, 6) is -1.74. The number of phenolic OH excluding ortho intramolecular Hbond substituents is 2. The summed E-state index contributed by atoms with van der Waals surface area (Å²) in [5, 5.41) is 94.0. The second kappa shape index (κ2) is 10.5. The molecule has 9 unspecified atom stereocenters. The Morgan fingerprint density at radius 1 is 0.795 bits per heavy atom. The molecular weight excluding hydrogens is 520 g/mol. The molecule has 0 spiro atoms. The zero-order valence-electron chi connectivity index (χ0n) is 20.2. The first kappa shape index (κ1) is 27.5. The Labute approximate surface area is 220 Å². The second-order valence-corrected chi connectivity index (χ2v) is 9.62. The molecule has 2 aliphatic rings. The van der Waals surface area contributed by atoms with Gasteiger partial charge < -0.3 is 59.8 Å². The molecule has 0 bridgehead atoms. The summed E-state index contributed by atoms with van der Waals surface area (Å²) in [5.41, 5.74) is -1.84. The van der Waals surface area contributed by atoms with Crippen molar-refractivity contribution in [2.75, 3.05) is 13.2 Å². The number of benzene rings is 2. The van der Waals surface area contributed by atoms with Gasteiger partial charge in [-0.2, -0.15) is 0 Å². The van der Waals surface area contributed by atoms with E-state index in [9.17, 15) is 50.8 Å². The van der Waals surface area contributed by atoms with Crippen molar-refractivity contribution < 1.29 is 59.8 Å². The summed E-state index contributed by atoms with van der Waals surface area (Å²) in [6, 6.07) is 9.42. The fourth-order valence-electron chi connectivity index (χ4n) is 5.09. The smallest absolute Gasteiger partial charge is 0.197 e. The molecule has 13 heteroatoms. The molecule has 0 saturated carbocycles. The monoisotopic (exact) mass is 548 g/mol. The van der Waals surface area contributed by atoms with Crippen molar-refractivity contribution in [3.05, 3.63) is 57.7 Å². The lowest BCUT2D eigenvalue weighted by atomic mass is 9.85. The minimum Gasteiger partial charge on any atom is -0.507 e. The number of fused-ring (bicyclic) bond motifs is 1. The second-order valence-electron chi connectivity index (χ2n) is 9.62. The van der Waals surface area contributed by atoms with Crippen LogP contribution in [0.5, 0.6) is 11.5 Å². The minimum absolute atomic E-state index is 0.0120. The third-order valence-electron chi connectivity index (χ3n) is 7.21. The number of aliphatic hydroxyl groups excluding tert-OH is 7. The molecule has 3 heterocycles. The van der Waals surface area contributed by atoms with Gasteiger partial charge in [-0.25, -0.2) is 0 Å². The highest BCUT2D eigenvalue weighted by Gasteiger charge is 2.48. The highest BCUT2D eigenvalue weighted by atomic mass is 16.5. The van der Waals surface area contributed by atoms with E-state index in [1.807, 2.05) is 0 Å². The van der Waals surface area contributed by atoms with E-state index in [-0.39, 0.29) is 5.76 Å². The maximum atomic E-state index is 13.4. The highest BCUT2D eigenvalue weighted by Crippen LogP contribution is 2.50. The van der Waals surface area contributed by atoms with E-state index in [0.29, 0.717) is 5.56 Å². The van der Waals surface area contributed by atoms with Crippen LogP contribution in [-0.2, 0) is 9.47 Å². The first-order chi connectivity index (χ1) is 18.6. The average Bonchev–Trinajstić information content (AvgIpc) is 2.93. The maximum Gasteiger partial charge on any atom is 0.197 e. The van der Waals surface area contributed by atoms with Crippen LogP contribution in [0.15, 0.2) is 45.6 Å². The summed E-state index contributed by atoms with van der Waals surface area (Å²) in [6.07, 6.45) is -15.4. The number of ether oxygens (including phenoxy) is 2. The van der Waals surface area contributed by atoms with Gasteiger partial charge in [0.2, 0.25) is 0 Å². The van der Waals surface area contributed by atoms with Crippen molar-refractivity contribution in [1.29, 1.82) is 0 Å². The lowest BCUT2D eigenvalue weighted by molar-refractivity contribution is -0.231. The Hall–Kier alpha value is -3.11. The maximum absolute atomic E-state index is 13.4. The molecule has 5 rings (SSSR count). The molecule has 9 atom stereocenters. The van der Waals surface area contributed by atoms with Crippen LogP contribution in [0.25, 0.3) is 22.3 Å². The van der Waals surface area contributed by atoms with Gasteiger partial charge in [-0.05, 0) is 0 Å². The van der Waals surface area contributed by atoms with E-state index >= 15 is 0 Å². The first-order valence-corrected chi connectivity index (χ1v) is 12.1. The van der Waals surface area contributed by atoms with Crippen LogP contribution in [0.3, 0.4) is 0 Å². The Morgan fingerprint density at radius 2 is 1.46 bits per heavy atom. The quantitative estimate of drug-likeness (QED) is 0.182. The van der Waals surface area contributed by atoms with E-state index in [1.165, 1.54) is 0 Å². The number of hydrogen-bond acceptors (Lipinski definition) is 13. The van der Waals surface area contributed by atoms with Crippen molar-refractivity contribution in [1.82, 2.24) is 0 Å². The lowest BCUT2D eigenvalue weighted by Crippen LogP contribution is -2.55. The molecule has 13 nitrogen and oxygen atoms in total. The van der Waals surface area contributed by atoms with Crippen LogP contribution < -0.4 is 5.43 Å². The van der Waals surface area contributed by atoms with Gasteiger partial charge >= 0.3 is 0 Å². The van der Waals surface area contributed by atoms with Crippen molar-refractivity contribution in [3.8, 4) is 22.8 Å². The average molecular weight is 548 g/mol. The van der Waals surface area contributed by atoms with E-state index in [2.05, 4.69) is 0 Å². The van der Waals surface area contributed by atoms with Crippen LogP contribution in [0.4, 0.5) is 0 Å². The number of rotatable bonds is 4. The SMILES string of the molecule is O=c1cc(-c2ccccc2)oc2c(C3OC(CO)C(O)C(O)C3O)c(O)c(C3OCC(O)C(O)C3O)c(O)c12. The van der Waals surface area contributed by atoms with Crippen LogP contribution in [0.1, 0.15) is 23.3 Å². The molecule has 1 aromatic heterocycles. The molecular formula is C26H28O13. The summed E-state index contributed by atoms with van der Waals surface area (Å²) >= 11 is 0. The molecule has 3 aromatic rings. The van der Waals surface area contributed by atoms with Gasteiger partial charge in [-0.1, -0.05) is 30.3 Å². The fourth-order valence-corrected chi connectivity index (χ4v) is 5.09. The molecule has 9 N–H and O–H groups in total. The highest BCUT2D eigenvalue weighted by molar-refractivity contribution is 5.91. The molecule has 0 aliphatic carbocycles. The molecule has 39 heavy (non-hydrogen) atoms. The van der Waals surface area contributed by atoms with E-state index in [4.69, 9.17) is 13.9 Å². The Balaban J connectivity index is 1.81. The summed E-state index contributed by atoms with van der Waals surface area (Å²) in [6.45, 7) is -1.30. The van der Waals surface area contributed by atoms with E-state index in [0.717, 1.165) is 6.07 Å². The van der Waals surface area contributed by atoms with Gasteiger partial charge in [0.15, 0.2) is 11.0 Å². The normalized spacial score (nSPS) is 33.4. The van der Waals surface area contributed by atoms with Crippen molar-refractivity contribution in [3.63, 3.8) is 0 Å². The van der Waals surface area contributed by atoms with Gasteiger partial charge in [0, 0.05) is 11.6 Å². The molecule has 0 amide bonds. The third-order valence-corrected chi connectivity index (χ3v) is 7.21. The Kier molecular flexibility index (Phi) is 7.37. The molecule has 2 aromatic carbocycles. The van der Waals surface area contributed by atoms with Crippen molar-refractivity contribution in [2.45, 2.75) is 54.9 Å². The number of phenols is 2. The predicted molar refractivity (Wildman–Crippen MR) is 131 cm³/mol. The molecule has 210 valence electrons. The molecule has 2 aliphatic heterocycles. The standard InChI is InChI=1S/C26H28O13/c27-7-13-18(31)21(34)23(36)26(39-13)16-20(33)15(25-22(35)17(30)11(29)8-37-25)19(32)14-10(28)6-12(38-24(14)16)9-4-2-1-3-5-9/h1-6,11,13,17-18,21-23,25-27,29-36H,7-8H2. The molecule has 0 radical (unpaired) electrons. The number of hydrogen-bond donors (Lipinski definition) is 9. The Bertz CT molecular complexity index is 1400. The molecule has 2 fully saturated rings. The van der Waals surface area contributed by atoms with Crippen LogP contribution >= 0.6 is 0 Å². The predicted octanol–water partition coefficient (Wildman–Crippen LogP) is -1.46. The number of aromatic hydroxyl groups is 2. The van der Waals surface area contributed by atoms with Gasteiger partial charge in [-0.3, -0.25) is 4.79 Å². The van der Waals surface area contributed by atoms with Gasteiger partial charge in [0.25, 0.3) is 0 Å². The van der Waals surface area contributed by atoms with Gasteiger partial charge in [0.1, 0.15) is 77.6 Å². The minimum atomic E-state index is -1.93. The van der Waals surface area contributed by atoms with E-state index < -0.39 is 107 Å². The summed E-state index contributed by atoms with van der Waals surface area (Å²) in [4.78, 5) is 13.4. The summed E-state index contributed by atoms with van der Waals surface area (Å²) in [7, 11) is 0. The Morgan fingerprint density at radius 3 is 2.13 bits per heavy atom. The van der Waals surface area contributed by atoms with Crippen LogP contribution in [-0.4, -0.2) is 102 Å².